The molecule has 0 saturated carbocycles. The Morgan fingerprint density at radius 1 is 1.15 bits per heavy atom. The molecule has 0 saturated heterocycles. The van der Waals surface area contributed by atoms with Gasteiger partial charge in [0.15, 0.2) is 6.73 Å². The van der Waals surface area contributed by atoms with Crippen molar-refractivity contribution in [3.8, 4) is 0 Å². The van der Waals surface area contributed by atoms with Crippen molar-refractivity contribution in [1.29, 1.82) is 0 Å². The highest BCUT2D eigenvalue weighted by atomic mass is 35.5. The average Bonchev–Trinajstić information content (AvgIpc) is 2.06. The molecule has 0 bridgehead atoms. The highest BCUT2D eigenvalue weighted by Gasteiger charge is 2.12. The fourth-order valence-electron chi connectivity index (χ4n) is 1.13. The van der Waals surface area contributed by atoms with Crippen molar-refractivity contribution < 1.29 is 22.0 Å². The zero-order valence-corrected chi connectivity index (χ0v) is 8.83. The van der Waals surface area contributed by atoms with Crippen LogP contribution < -0.4 is 12.4 Å². The van der Waals surface area contributed by atoms with Crippen molar-refractivity contribution in [3.05, 3.63) is 35.9 Å². The lowest BCUT2D eigenvalue weighted by Gasteiger charge is -2.26. The number of nitrogens with zero attached hydrogens (tertiary/aromatic N) is 1. The van der Waals surface area contributed by atoms with Crippen LogP contribution in [0, 0.1) is 0 Å². The van der Waals surface area contributed by atoms with Gasteiger partial charge in [0.1, 0.15) is 6.54 Å². The molecule has 0 fully saturated rings. The molecule has 1 N–H and O–H groups in total. The Labute approximate surface area is 85.8 Å². The van der Waals surface area contributed by atoms with Gasteiger partial charge in [0.25, 0.3) is 0 Å². The molecular weight excluding hydrogens is 186 g/mol. The van der Waals surface area contributed by atoms with E-state index in [1.54, 1.807) is 0 Å². The number of rotatable bonds is 3. The normalized spacial score (nSPS) is 10.7. The number of hydrogen-bond donors (Lipinski definition) is 1. The summed E-state index contributed by atoms with van der Waals surface area (Å²) in [5, 5.41) is 9.03. The summed E-state index contributed by atoms with van der Waals surface area (Å²) in [5.74, 6) is 0. The van der Waals surface area contributed by atoms with Crippen molar-refractivity contribution >= 4 is 0 Å². The largest absolute Gasteiger partial charge is 1.00 e. The van der Waals surface area contributed by atoms with Gasteiger partial charge in [-0.1, -0.05) is 30.3 Å². The minimum atomic E-state index is 0. The van der Waals surface area contributed by atoms with Gasteiger partial charge in [-0.25, -0.2) is 0 Å². The summed E-state index contributed by atoms with van der Waals surface area (Å²) in [7, 11) is 4.01. The third kappa shape index (κ3) is 4.27. The predicted octanol–water partition coefficient (Wildman–Crippen LogP) is -1.78. The number of hydrogen-bond acceptors (Lipinski definition) is 1. The van der Waals surface area contributed by atoms with Crippen LogP contribution in [0.5, 0.6) is 0 Å². The fourth-order valence-corrected chi connectivity index (χ4v) is 1.13. The standard InChI is InChI=1S/C10H16NO.ClH/c1-11(2,9-12)8-10-6-4-3-5-7-10;/h3-7,12H,8-9H2,1-2H3;1H/q+1;/p-1. The Hall–Kier alpha value is -0.570. The van der Waals surface area contributed by atoms with E-state index >= 15 is 0 Å². The van der Waals surface area contributed by atoms with Gasteiger partial charge < -0.3 is 22.0 Å². The Kier molecular flexibility index (Phi) is 4.99. The lowest BCUT2D eigenvalue weighted by molar-refractivity contribution is -0.921. The molecule has 1 aromatic rings. The summed E-state index contributed by atoms with van der Waals surface area (Å²) in [6.45, 7) is 1.05. The third-order valence-electron chi connectivity index (χ3n) is 1.84. The molecule has 0 unspecified atom stereocenters. The maximum absolute atomic E-state index is 9.03. The Balaban J connectivity index is 0.00000144. The first-order valence-corrected chi connectivity index (χ1v) is 4.11. The number of aliphatic hydroxyl groups excluding tert-OH is 1. The molecule has 13 heavy (non-hydrogen) atoms. The van der Waals surface area contributed by atoms with Crippen LogP contribution >= 0.6 is 0 Å². The third-order valence-corrected chi connectivity index (χ3v) is 1.84. The molecule has 0 heterocycles. The molecule has 0 aliphatic carbocycles. The fraction of sp³-hybridized carbons (Fsp3) is 0.400. The predicted molar refractivity (Wildman–Crippen MR) is 49.3 cm³/mol. The smallest absolute Gasteiger partial charge is 0.180 e. The number of halogens is 1. The second kappa shape index (κ2) is 5.22. The minimum absolute atomic E-state index is 0. The summed E-state index contributed by atoms with van der Waals surface area (Å²) < 4.78 is 0.615. The molecule has 2 nitrogen and oxygen atoms in total. The molecule has 0 radical (unpaired) electrons. The first kappa shape index (κ1) is 12.4. The monoisotopic (exact) mass is 201 g/mol. The second-order valence-corrected chi connectivity index (χ2v) is 3.72. The summed E-state index contributed by atoms with van der Waals surface area (Å²) in [5.41, 5.74) is 1.26. The van der Waals surface area contributed by atoms with E-state index in [0.717, 1.165) is 6.54 Å². The molecule has 0 amide bonds. The molecule has 1 aromatic carbocycles. The molecule has 74 valence electrons. The molecular formula is C10H16ClNO. The van der Waals surface area contributed by atoms with Crippen molar-refractivity contribution in [2.24, 2.45) is 0 Å². The van der Waals surface area contributed by atoms with Gasteiger partial charge >= 0.3 is 0 Å². The Morgan fingerprint density at radius 3 is 2.15 bits per heavy atom. The van der Waals surface area contributed by atoms with E-state index in [2.05, 4.69) is 12.1 Å². The summed E-state index contributed by atoms with van der Waals surface area (Å²) in [4.78, 5) is 0. The maximum Gasteiger partial charge on any atom is 0.180 e. The van der Waals surface area contributed by atoms with Crippen molar-refractivity contribution in [2.45, 2.75) is 6.54 Å². The van der Waals surface area contributed by atoms with E-state index < -0.39 is 0 Å². The van der Waals surface area contributed by atoms with Gasteiger partial charge in [0.05, 0.1) is 14.1 Å². The first-order valence-electron chi connectivity index (χ1n) is 4.11. The van der Waals surface area contributed by atoms with Crippen LogP contribution in [-0.2, 0) is 6.54 Å². The molecule has 0 atom stereocenters. The van der Waals surface area contributed by atoms with E-state index in [9.17, 15) is 0 Å². The zero-order valence-electron chi connectivity index (χ0n) is 8.07. The van der Waals surface area contributed by atoms with Crippen LogP contribution in [0.2, 0.25) is 0 Å². The average molecular weight is 202 g/mol. The van der Waals surface area contributed by atoms with E-state index in [4.69, 9.17) is 5.11 Å². The van der Waals surface area contributed by atoms with Crippen molar-refractivity contribution in [2.75, 3.05) is 20.8 Å². The van der Waals surface area contributed by atoms with Crippen LogP contribution in [0.3, 0.4) is 0 Å². The molecule has 0 spiro atoms. The lowest BCUT2D eigenvalue weighted by atomic mass is 10.2. The molecule has 0 aliphatic rings. The van der Waals surface area contributed by atoms with Gasteiger partial charge in [-0.05, 0) is 0 Å². The number of aliphatic hydroxyl groups is 1. The van der Waals surface area contributed by atoms with Gasteiger partial charge in [-0.3, -0.25) is 0 Å². The summed E-state index contributed by atoms with van der Waals surface area (Å²) >= 11 is 0. The Morgan fingerprint density at radius 2 is 1.69 bits per heavy atom. The molecule has 1 rings (SSSR count). The number of benzene rings is 1. The van der Waals surface area contributed by atoms with E-state index in [0.29, 0.717) is 4.48 Å². The van der Waals surface area contributed by atoms with Gasteiger partial charge in [0, 0.05) is 5.56 Å². The Bertz CT molecular complexity index is 236. The van der Waals surface area contributed by atoms with Gasteiger partial charge in [-0.2, -0.15) is 0 Å². The van der Waals surface area contributed by atoms with Gasteiger partial charge in [0.2, 0.25) is 0 Å². The van der Waals surface area contributed by atoms with Crippen LogP contribution in [-0.4, -0.2) is 30.4 Å². The molecule has 0 aromatic heterocycles. The quantitative estimate of drug-likeness (QED) is 0.453. The minimum Gasteiger partial charge on any atom is -1.00 e. The van der Waals surface area contributed by atoms with E-state index in [1.165, 1.54) is 5.56 Å². The summed E-state index contributed by atoms with van der Waals surface area (Å²) in [6.07, 6.45) is 0. The SMILES string of the molecule is C[N+](C)(CO)Cc1ccccc1.[Cl-]. The summed E-state index contributed by atoms with van der Waals surface area (Å²) in [6, 6.07) is 10.2. The topological polar surface area (TPSA) is 20.2 Å². The van der Waals surface area contributed by atoms with Crippen LogP contribution in [0.25, 0.3) is 0 Å². The second-order valence-electron chi connectivity index (χ2n) is 3.72. The molecule has 0 aliphatic heterocycles. The van der Waals surface area contributed by atoms with E-state index in [1.807, 2.05) is 32.3 Å². The van der Waals surface area contributed by atoms with Crippen LogP contribution in [0.1, 0.15) is 5.56 Å². The zero-order chi connectivity index (χ0) is 9.03. The van der Waals surface area contributed by atoms with Crippen LogP contribution in [0.4, 0.5) is 0 Å². The first-order chi connectivity index (χ1) is 5.64. The highest BCUT2D eigenvalue weighted by molar-refractivity contribution is 5.13. The lowest BCUT2D eigenvalue weighted by Crippen LogP contribution is -3.00. The van der Waals surface area contributed by atoms with Crippen LogP contribution in [0.15, 0.2) is 30.3 Å². The maximum atomic E-state index is 9.03. The highest BCUT2D eigenvalue weighted by Crippen LogP contribution is 2.06. The van der Waals surface area contributed by atoms with Crippen molar-refractivity contribution in [1.82, 2.24) is 0 Å². The van der Waals surface area contributed by atoms with Gasteiger partial charge in [-0.15, -0.1) is 0 Å². The van der Waals surface area contributed by atoms with E-state index in [-0.39, 0.29) is 19.1 Å². The number of quaternary nitrogens is 1. The van der Waals surface area contributed by atoms with Crippen molar-refractivity contribution in [3.63, 3.8) is 0 Å². The molecule has 3 heteroatoms.